The van der Waals surface area contributed by atoms with Gasteiger partial charge in [0.25, 0.3) is 0 Å². The Bertz CT molecular complexity index is 768. The van der Waals surface area contributed by atoms with Gasteiger partial charge in [-0.25, -0.2) is 0 Å². The Morgan fingerprint density at radius 2 is 1.52 bits per heavy atom. The number of fused-ring (bicyclic) bond motifs is 1. The van der Waals surface area contributed by atoms with Gasteiger partial charge in [-0.1, -0.05) is 43.2 Å². The molecule has 7 atom stereocenters. The molecule has 4 aliphatic rings. The van der Waals surface area contributed by atoms with E-state index in [-0.39, 0.29) is 29.8 Å². The van der Waals surface area contributed by atoms with E-state index >= 15 is 0 Å². The van der Waals surface area contributed by atoms with Crippen LogP contribution in [0.3, 0.4) is 0 Å². The third-order valence-corrected chi connectivity index (χ3v) is 8.17. The van der Waals surface area contributed by atoms with E-state index in [0.29, 0.717) is 23.9 Å². The number of hydrogen-bond acceptors (Lipinski definition) is 2. The van der Waals surface area contributed by atoms with Crippen molar-refractivity contribution in [2.45, 2.75) is 95.3 Å². The van der Waals surface area contributed by atoms with Crippen LogP contribution in [0, 0.1) is 11.8 Å². The molecule has 2 aliphatic heterocycles. The molecule has 2 heterocycles. The second-order valence-electron chi connectivity index (χ2n) is 9.99. The van der Waals surface area contributed by atoms with Gasteiger partial charge in [-0.15, -0.1) is 0 Å². The molecule has 29 heavy (non-hydrogen) atoms. The zero-order chi connectivity index (χ0) is 20.1. The molecule has 2 aliphatic carbocycles. The maximum Gasteiger partial charge on any atom is 0.245 e. The zero-order valence-corrected chi connectivity index (χ0v) is 17.8. The molecule has 4 fully saturated rings. The molecular weight excluding hydrogens is 360 g/mol. The van der Waals surface area contributed by atoms with E-state index in [2.05, 4.69) is 47.9 Å². The predicted molar refractivity (Wildman–Crippen MR) is 113 cm³/mol. The lowest BCUT2D eigenvalue weighted by molar-refractivity contribution is -0.148. The molecule has 0 bridgehead atoms. The number of hydrogen-bond donors (Lipinski definition) is 0. The number of rotatable bonds is 3. The molecule has 4 nitrogen and oxygen atoms in total. The first-order valence-electron chi connectivity index (χ1n) is 11.8. The van der Waals surface area contributed by atoms with Crippen molar-refractivity contribution in [3.05, 3.63) is 35.9 Å². The van der Waals surface area contributed by atoms with Crippen LogP contribution in [-0.4, -0.2) is 45.8 Å². The molecule has 1 aromatic rings. The molecule has 1 aromatic carbocycles. The minimum absolute atomic E-state index is 0.0711. The van der Waals surface area contributed by atoms with Gasteiger partial charge in [0.2, 0.25) is 11.8 Å². The first kappa shape index (κ1) is 19.1. The number of benzene rings is 1. The highest BCUT2D eigenvalue weighted by atomic mass is 16.2. The van der Waals surface area contributed by atoms with Crippen LogP contribution in [0.1, 0.15) is 76.7 Å². The first-order valence-corrected chi connectivity index (χ1v) is 11.8. The van der Waals surface area contributed by atoms with Gasteiger partial charge in [-0.2, -0.15) is 0 Å². The van der Waals surface area contributed by atoms with Gasteiger partial charge in [0.15, 0.2) is 0 Å². The second kappa shape index (κ2) is 7.45. The Balaban J connectivity index is 1.39. The number of carbonyl (C=O) groups excluding carboxylic acids is 2. The van der Waals surface area contributed by atoms with Gasteiger partial charge in [-0.3, -0.25) is 9.59 Å². The third kappa shape index (κ3) is 3.29. The smallest absolute Gasteiger partial charge is 0.245 e. The highest BCUT2D eigenvalue weighted by Gasteiger charge is 2.55. The van der Waals surface area contributed by atoms with Gasteiger partial charge in [0, 0.05) is 24.0 Å². The standard InChI is InChI=1S/C25H34N2O2/c1-16-12-13-17(2)26(16)25(29)23-14-19-10-6-7-11-22(19)27(23)24(28)21-15-20(21)18-8-4-3-5-9-18/h3-5,8-9,16-17,19-23H,6-7,10-15H2,1-2H3/t16?,17?,19-,20-,21+,22-,23-/m0/s1. The lowest BCUT2D eigenvalue weighted by Gasteiger charge is -2.36. The summed E-state index contributed by atoms with van der Waals surface area (Å²) in [4.78, 5) is 31.5. The van der Waals surface area contributed by atoms with Crippen molar-refractivity contribution in [3.8, 4) is 0 Å². The van der Waals surface area contributed by atoms with Crippen LogP contribution in [0.2, 0.25) is 0 Å². The van der Waals surface area contributed by atoms with Gasteiger partial charge in [-0.05, 0) is 69.8 Å². The van der Waals surface area contributed by atoms with Gasteiger partial charge >= 0.3 is 0 Å². The fourth-order valence-corrected chi connectivity index (χ4v) is 6.53. The van der Waals surface area contributed by atoms with E-state index in [1.54, 1.807) is 0 Å². The van der Waals surface area contributed by atoms with E-state index in [0.717, 1.165) is 32.1 Å². The van der Waals surface area contributed by atoms with E-state index in [4.69, 9.17) is 0 Å². The lowest BCUT2D eigenvalue weighted by Crippen LogP contribution is -2.53. The zero-order valence-electron chi connectivity index (χ0n) is 17.8. The lowest BCUT2D eigenvalue weighted by atomic mass is 9.84. The Kier molecular flexibility index (Phi) is 4.92. The fraction of sp³-hybridized carbons (Fsp3) is 0.680. The van der Waals surface area contributed by atoms with Crippen LogP contribution < -0.4 is 0 Å². The van der Waals surface area contributed by atoms with Crippen molar-refractivity contribution < 1.29 is 9.59 Å². The normalized spacial score (nSPS) is 38.8. The summed E-state index contributed by atoms with van der Waals surface area (Å²) in [5.41, 5.74) is 1.27. The number of carbonyl (C=O) groups is 2. The minimum Gasteiger partial charge on any atom is -0.335 e. The van der Waals surface area contributed by atoms with Crippen molar-refractivity contribution in [2.24, 2.45) is 11.8 Å². The van der Waals surface area contributed by atoms with E-state index in [1.807, 2.05) is 6.07 Å². The monoisotopic (exact) mass is 394 g/mol. The van der Waals surface area contributed by atoms with Gasteiger partial charge < -0.3 is 9.80 Å². The summed E-state index contributed by atoms with van der Waals surface area (Å²) < 4.78 is 0. The molecule has 0 radical (unpaired) electrons. The van der Waals surface area contributed by atoms with Gasteiger partial charge in [0.05, 0.1) is 0 Å². The van der Waals surface area contributed by atoms with E-state index in [9.17, 15) is 9.59 Å². The molecule has 0 spiro atoms. The van der Waals surface area contributed by atoms with Crippen LogP contribution in [0.4, 0.5) is 0 Å². The first-order chi connectivity index (χ1) is 14.1. The molecule has 2 unspecified atom stereocenters. The largest absolute Gasteiger partial charge is 0.335 e. The van der Waals surface area contributed by atoms with Crippen LogP contribution in [0.15, 0.2) is 30.3 Å². The van der Waals surface area contributed by atoms with E-state index < -0.39 is 0 Å². The predicted octanol–water partition coefficient (Wildman–Crippen LogP) is 4.35. The highest BCUT2D eigenvalue weighted by Crippen LogP contribution is 2.51. The van der Waals surface area contributed by atoms with Crippen LogP contribution in [0.5, 0.6) is 0 Å². The second-order valence-corrected chi connectivity index (χ2v) is 9.99. The summed E-state index contributed by atoms with van der Waals surface area (Å²) in [6, 6.07) is 11.1. The molecule has 2 saturated heterocycles. The summed E-state index contributed by atoms with van der Waals surface area (Å²) in [6.07, 6.45) is 8.68. The Hall–Kier alpha value is -1.84. The average molecular weight is 395 g/mol. The topological polar surface area (TPSA) is 40.6 Å². The van der Waals surface area contributed by atoms with Crippen molar-refractivity contribution in [2.75, 3.05) is 0 Å². The maximum absolute atomic E-state index is 13.7. The fourth-order valence-electron chi connectivity index (χ4n) is 6.53. The quantitative estimate of drug-likeness (QED) is 0.765. The molecule has 5 rings (SSSR count). The molecule has 4 heteroatoms. The molecule has 2 amide bonds. The molecule has 156 valence electrons. The van der Waals surface area contributed by atoms with Crippen molar-refractivity contribution in [1.29, 1.82) is 0 Å². The van der Waals surface area contributed by atoms with Crippen molar-refractivity contribution >= 4 is 11.8 Å². The Morgan fingerprint density at radius 1 is 0.828 bits per heavy atom. The number of nitrogens with zero attached hydrogens (tertiary/aromatic N) is 2. The Labute approximate surface area is 174 Å². The van der Waals surface area contributed by atoms with Crippen LogP contribution in [0.25, 0.3) is 0 Å². The van der Waals surface area contributed by atoms with Crippen molar-refractivity contribution in [3.63, 3.8) is 0 Å². The Morgan fingerprint density at radius 3 is 2.24 bits per heavy atom. The van der Waals surface area contributed by atoms with Crippen LogP contribution in [-0.2, 0) is 9.59 Å². The van der Waals surface area contributed by atoms with Gasteiger partial charge in [0.1, 0.15) is 6.04 Å². The van der Waals surface area contributed by atoms with Crippen LogP contribution >= 0.6 is 0 Å². The molecule has 0 N–H and O–H groups in total. The highest BCUT2D eigenvalue weighted by molar-refractivity contribution is 5.91. The third-order valence-electron chi connectivity index (χ3n) is 8.17. The summed E-state index contributed by atoms with van der Waals surface area (Å²) in [6.45, 7) is 4.34. The molecular formula is C25H34N2O2. The van der Waals surface area contributed by atoms with E-state index in [1.165, 1.54) is 24.8 Å². The SMILES string of the molecule is CC1CCC(C)N1C(=O)[C@@H]1C[C@@H]2CCCC[C@@H]2N1C(=O)[C@@H]1C[C@H]1c1ccccc1. The van der Waals surface area contributed by atoms with Crippen molar-refractivity contribution in [1.82, 2.24) is 9.80 Å². The summed E-state index contributed by atoms with van der Waals surface area (Å²) >= 11 is 0. The maximum atomic E-state index is 13.7. The number of amides is 2. The summed E-state index contributed by atoms with van der Waals surface area (Å²) in [7, 11) is 0. The summed E-state index contributed by atoms with van der Waals surface area (Å²) in [5, 5.41) is 0. The average Bonchev–Trinajstić information content (AvgIpc) is 3.35. The minimum atomic E-state index is -0.226. The summed E-state index contributed by atoms with van der Waals surface area (Å²) in [5.74, 6) is 1.41. The number of likely N-dealkylation sites (tertiary alicyclic amines) is 2. The molecule has 0 aromatic heterocycles. The molecule has 2 saturated carbocycles.